The lowest BCUT2D eigenvalue weighted by molar-refractivity contribution is -0.122. The number of hydrogen-bond acceptors (Lipinski definition) is 4. The van der Waals surface area contributed by atoms with Gasteiger partial charge in [-0.2, -0.15) is 0 Å². The number of aliphatic hydroxyl groups excluding tert-OH is 1. The maximum atomic E-state index is 12.2. The highest BCUT2D eigenvalue weighted by Crippen LogP contribution is 2.34. The number of fused-ring (bicyclic) bond motifs is 1. The molecule has 0 bridgehead atoms. The monoisotopic (exact) mass is 283 g/mol. The number of aliphatic hydroxyl groups is 1. The number of rotatable bonds is 7. The van der Waals surface area contributed by atoms with E-state index in [-0.39, 0.29) is 18.4 Å². The molecular weight excluding hydrogens is 262 g/mol. The van der Waals surface area contributed by atoms with Crippen LogP contribution in [0.15, 0.2) is 11.4 Å². The van der Waals surface area contributed by atoms with Gasteiger partial charge in [-0.05, 0) is 42.7 Å². The van der Waals surface area contributed by atoms with Gasteiger partial charge in [-0.1, -0.05) is 0 Å². The Hall–Kier alpha value is -0.910. The van der Waals surface area contributed by atoms with Gasteiger partial charge in [0.1, 0.15) is 0 Å². The molecule has 0 saturated carbocycles. The zero-order valence-electron chi connectivity index (χ0n) is 11.1. The Morgan fingerprint density at radius 1 is 1.53 bits per heavy atom. The fourth-order valence-electron chi connectivity index (χ4n) is 2.43. The predicted octanol–water partition coefficient (Wildman–Crippen LogP) is 1.68. The molecule has 0 aromatic carbocycles. The zero-order valence-corrected chi connectivity index (χ0v) is 11.9. The molecule has 1 aliphatic rings. The summed E-state index contributed by atoms with van der Waals surface area (Å²) in [6.07, 6.45) is 3.96. The van der Waals surface area contributed by atoms with Crippen molar-refractivity contribution in [2.75, 3.05) is 26.4 Å². The van der Waals surface area contributed by atoms with E-state index >= 15 is 0 Å². The Balaban J connectivity index is 1.73. The number of thiophene rings is 1. The van der Waals surface area contributed by atoms with E-state index < -0.39 is 0 Å². The summed E-state index contributed by atoms with van der Waals surface area (Å²) in [4.78, 5) is 13.5. The summed E-state index contributed by atoms with van der Waals surface area (Å²) in [5.74, 6) is 0.176. The van der Waals surface area contributed by atoms with Crippen molar-refractivity contribution in [3.63, 3.8) is 0 Å². The lowest BCUT2D eigenvalue weighted by Gasteiger charge is -2.21. The lowest BCUT2D eigenvalue weighted by Crippen LogP contribution is -2.32. The van der Waals surface area contributed by atoms with E-state index in [1.165, 1.54) is 10.4 Å². The van der Waals surface area contributed by atoms with Crippen molar-refractivity contribution in [1.82, 2.24) is 5.32 Å². The van der Waals surface area contributed by atoms with E-state index in [1.54, 1.807) is 11.3 Å². The Labute approximate surface area is 117 Å². The van der Waals surface area contributed by atoms with Gasteiger partial charge in [0.15, 0.2) is 0 Å². The molecule has 0 radical (unpaired) electrons. The van der Waals surface area contributed by atoms with Crippen molar-refractivity contribution in [3.8, 4) is 0 Å². The smallest absolute Gasteiger partial charge is 0.227 e. The fraction of sp³-hybridized carbons (Fsp3) is 0.643. The molecule has 1 unspecified atom stereocenters. The molecule has 1 amide bonds. The maximum Gasteiger partial charge on any atom is 0.227 e. The summed E-state index contributed by atoms with van der Waals surface area (Å²) >= 11 is 1.76. The first-order chi connectivity index (χ1) is 9.33. The summed E-state index contributed by atoms with van der Waals surface area (Å²) in [7, 11) is 0. The maximum absolute atomic E-state index is 12.2. The number of carbonyl (C=O) groups excluding carboxylic acids is 1. The van der Waals surface area contributed by atoms with Crippen LogP contribution in [0.5, 0.6) is 0 Å². The number of nitrogens with one attached hydrogen (secondary N) is 1. The minimum atomic E-state index is 0.0355. The van der Waals surface area contributed by atoms with E-state index in [0.29, 0.717) is 19.8 Å². The largest absolute Gasteiger partial charge is 0.394 e. The molecule has 1 aromatic heterocycles. The average Bonchev–Trinajstić information content (AvgIpc) is 2.90. The zero-order chi connectivity index (χ0) is 13.5. The fourth-order valence-corrected chi connectivity index (χ4v) is 3.42. The minimum Gasteiger partial charge on any atom is -0.394 e. The van der Waals surface area contributed by atoms with Crippen molar-refractivity contribution >= 4 is 17.2 Å². The summed E-state index contributed by atoms with van der Waals surface area (Å²) in [5.41, 5.74) is 1.23. The second kappa shape index (κ2) is 7.62. The molecule has 2 rings (SSSR count). The van der Waals surface area contributed by atoms with Crippen molar-refractivity contribution in [3.05, 3.63) is 21.9 Å². The third-order valence-electron chi connectivity index (χ3n) is 3.37. The second-order valence-corrected chi connectivity index (χ2v) is 5.73. The van der Waals surface area contributed by atoms with Gasteiger partial charge in [0.2, 0.25) is 5.91 Å². The molecule has 1 aliphatic carbocycles. The third kappa shape index (κ3) is 4.03. The molecule has 0 saturated heterocycles. The van der Waals surface area contributed by atoms with Crippen LogP contribution in [-0.2, 0) is 16.0 Å². The predicted molar refractivity (Wildman–Crippen MR) is 75.5 cm³/mol. The number of carbonyl (C=O) groups is 1. The van der Waals surface area contributed by atoms with Crippen LogP contribution >= 0.6 is 11.3 Å². The van der Waals surface area contributed by atoms with E-state index in [4.69, 9.17) is 9.84 Å². The Morgan fingerprint density at radius 3 is 3.26 bits per heavy atom. The van der Waals surface area contributed by atoms with Gasteiger partial charge in [0, 0.05) is 18.0 Å². The number of ether oxygens (including phenoxy) is 1. The summed E-state index contributed by atoms with van der Waals surface area (Å²) in [6, 6.07) is 2.09. The van der Waals surface area contributed by atoms with Crippen LogP contribution in [0.4, 0.5) is 0 Å². The summed E-state index contributed by atoms with van der Waals surface area (Å²) in [5, 5.41) is 13.6. The lowest BCUT2D eigenvalue weighted by atomic mass is 9.87. The number of amides is 1. The summed E-state index contributed by atoms with van der Waals surface area (Å²) in [6.45, 7) is 1.64. The second-order valence-electron chi connectivity index (χ2n) is 4.72. The van der Waals surface area contributed by atoms with Crippen molar-refractivity contribution in [1.29, 1.82) is 0 Å². The van der Waals surface area contributed by atoms with Gasteiger partial charge in [0.25, 0.3) is 0 Å². The molecule has 0 aliphatic heterocycles. The number of hydrogen-bond donors (Lipinski definition) is 2. The highest BCUT2D eigenvalue weighted by molar-refractivity contribution is 7.10. The summed E-state index contributed by atoms with van der Waals surface area (Å²) < 4.78 is 5.15. The van der Waals surface area contributed by atoms with Gasteiger partial charge < -0.3 is 15.2 Å². The molecule has 5 heteroatoms. The Morgan fingerprint density at radius 2 is 2.42 bits per heavy atom. The molecule has 2 N–H and O–H groups in total. The third-order valence-corrected chi connectivity index (χ3v) is 4.37. The van der Waals surface area contributed by atoms with Crippen LogP contribution in [0, 0.1) is 0 Å². The van der Waals surface area contributed by atoms with Crippen LogP contribution in [0.2, 0.25) is 0 Å². The first kappa shape index (κ1) is 14.5. The van der Waals surface area contributed by atoms with Crippen molar-refractivity contribution < 1.29 is 14.6 Å². The highest BCUT2D eigenvalue weighted by atomic mass is 32.1. The van der Waals surface area contributed by atoms with Crippen LogP contribution in [0.25, 0.3) is 0 Å². The van der Waals surface area contributed by atoms with E-state index in [2.05, 4.69) is 16.8 Å². The quantitative estimate of drug-likeness (QED) is 0.749. The average molecular weight is 283 g/mol. The first-order valence-electron chi connectivity index (χ1n) is 6.85. The van der Waals surface area contributed by atoms with E-state index in [1.807, 2.05) is 0 Å². The van der Waals surface area contributed by atoms with E-state index in [9.17, 15) is 4.79 Å². The SMILES string of the molecule is O=C(NCCCOCCO)C1CCCc2sccc21. The van der Waals surface area contributed by atoms with Gasteiger partial charge in [-0.3, -0.25) is 4.79 Å². The molecule has 1 atom stereocenters. The molecule has 0 fully saturated rings. The topological polar surface area (TPSA) is 58.6 Å². The van der Waals surface area contributed by atoms with Gasteiger partial charge in [-0.25, -0.2) is 0 Å². The molecule has 0 spiro atoms. The molecule has 106 valence electrons. The van der Waals surface area contributed by atoms with Crippen molar-refractivity contribution in [2.24, 2.45) is 0 Å². The van der Waals surface area contributed by atoms with Crippen LogP contribution in [-0.4, -0.2) is 37.4 Å². The Bertz CT molecular complexity index is 405. The Kier molecular flexibility index (Phi) is 5.82. The van der Waals surface area contributed by atoms with Gasteiger partial charge in [-0.15, -0.1) is 11.3 Å². The van der Waals surface area contributed by atoms with Gasteiger partial charge >= 0.3 is 0 Å². The molecule has 19 heavy (non-hydrogen) atoms. The molecule has 1 heterocycles. The molecule has 1 aromatic rings. The highest BCUT2D eigenvalue weighted by Gasteiger charge is 2.26. The molecular formula is C14H21NO3S. The number of aryl methyl sites for hydroxylation is 1. The van der Waals surface area contributed by atoms with Crippen LogP contribution in [0.3, 0.4) is 0 Å². The molecule has 4 nitrogen and oxygen atoms in total. The van der Waals surface area contributed by atoms with Crippen LogP contribution in [0.1, 0.15) is 35.6 Å². The van der Waals surface area contributed by atoms with Crippen molar-refractivity contribution in [2.45, 2.75) is 31.6 Å². The van der Waals surface area contributed by atoms with E-state index in [0.717, 1.165) is 25.7 Å². The standard InChI is InChI=1S/C14H21NO3S/c16-7-9-18-8-2-6-15-14(17)12-3-1-4-13-11(12)5-10-19-13/h5,10,12,16H,1-4,6-9H2,(H,15,17). The minimum absolute atomic E-state index is 0.0355. The van der Waals surface area contributed by atoms with Crippen LogP contribution < -0.4 is 5.32 Å². The first-order valence-corrected chi connectivity index (χ1v) is 7.73. The normalized spacial score (nSPS) is 18.1. The van der Waals surface area contributed by atoms with Gasteiger partial charge in [0.05, 0.1) is 19.1 Å².